The summed E-state index contributed by atoms with van der Waals surface area (Å²) >= 11 is 0. The lowest BCUT2D eigenvalue weighted by atomic mass is 10.3. The molecule has 2 aromatic heterocycles. The lowest BCUT2D eigenvalue weighted by molar-refractivity contribution is 0.0686. The van der Waals surface area contributed by atoms with Crippen LogP contribution in [0.3, 0.4) is 0 Å². The van der Waals surface area contributed by atoms with Gasteiger partial charge in [-0.1, -0.05) is 0 Å². The molecule has 0 unspecified atom stereocenters. The highest BCUT2D eigenvalue weighted by Gasteiger charge is 2.14. The lowest BCUT2D eigenvalue weighted by Crippen LogP contribution is -2.06. The summed E-state index contributed by atoms with van der Waals surface area (Å²) in [5, 5.41) is 9.88. The Kier molecular flexibility index (Phi) is 2.52. The molecular formula is C11H12N2O3. The van der Waals surface area contributed by atoms with Gasteiger partial charge in [0.1, 0.15) is 5.69 Å². The molecule has 0 fully saturated rings. The van der Waals surface area contributed by atoms with E-state index in [0.29, 0.717) is 12.4 Å². The maximum Gasteiger partial charge on any atom is 0.352 e. The Bertz CT molecular complexity index is 545. The Hall–Kier alpha value is -2.04. The molecule has 2 heterocycles. The van der Waals surface area contributed by atoms with Crippen LogP contribution in [-0.2, 0) is 6.54 Å². The van der Waals surface area contributed by atoms with Crippen LogP contribution in [0, 0.1) is 0 Å². The summed E-state index contributed by atoms with van der Waals surface area (Å²) in [6.07, 6.45) is 1.63. The predicted octanol–water partition coefficient (Wildman–Crippen LogP) is 1.76. The molecule has 0 bridgehead atoms. The highest BCUT2D eigenvalue weighted by molar-refractivity contribution is 5.94. The molecular weight excluding hydrogens is 208 g/mol. The first kappa shape index (κ1) is 10.5. The Balaban J connectivity index is 2.71. The number of aromatic nitrogens is 2. The number of ether oxygens (including phenoxy) is 1. The van der Waals surface area contributed by atoms with Gasteiger partial charge in [0.15, 0.2) is 0 Å². The van der Waals surface area contributed by atoms with E-state index < -0.39 is 5.97 Å². The summed E-state index contributed by atoms with van der Waals surface area (Å²) in [5.41, 5.74) is 1.08. The minimum absolute atomic E-state index is 0.271. The first-order valence-corrected chi connectivity index (χ1v) is 4.94. The molecule has 0 saturated carbocycles. The van der Waals surface area contributed by atoms with Crippen LogP contribution in [0.4, 0.5) is 0 Å². The van der Waals surface area contributed by atoms with Crippen LogP contribution in [0.5, 0.6) is 5.88 Å². The van der Waals surface area contributed by atoms with Crippen molar-refractivity contribution in [2.45, 2.75) is 13.5 Å². The molecule has 0 aliphatic carbocycles. The van der Waals surface area contributed by atoms with Gasteiger partial charge in [0.05, 0.1) is 18.8 Å². The van der Waals surface area contributed by atoms with E-state index in [1.54, 1.807) is 22.9 Å². The molecule has 0 aromatic carbocycles. The molecule has 0 atom stereocenters. The largest absolute Gasteiger partial charge is 0.481 e. The van der Waals surface area contributed by atoms with Crippen LogP contribution in [0.15, 0.2) is 18.3 Å². The van der Waals surface area contributed by atoms with Gasteiger partial charge in [0.2, 0.25) is 5.88 Å². The van der Waals surface area contributed by atoms with Crippen molar-refractivity contribution in [2.24, 2.45) is 0 Å². The van der Waals surface area contributed by atoms with Gasteiger partial charge in [0.25, 0.3) is 0 Å². The fourth-order valence-electron chi connectivity index (χ4n) is 1.77. The van der Waals surface area contributed by atoms with Gasteiger partial charge in [-0.15, -0.1) is 0 Å². The standard InChI is InChI=1S/C11H12N2O3/c1-3-13-8(11(14)15)4-7-5-10(16-2)12-6-9(7)13/h4-6H,3H2,1-2H3,(H,14,15). The third kappa shape index (κ3) is 1.50. The monoisotopic (exact) mass is 220 g/mol. The molecule has 0 amide bonds. The summed E-state index contributed by atoms with van der Waals surface area (Å²) in [4.78, 5) is 15.1. The first-order valence-electron chi connectivity index (χ1n) is 4.94. The van der Waals surface area contributed by atoms with Gasteiger partial charge < -0.3 is 14.4 Å². The number of nitrogens with zero attached hydrogens (tertiary/aromatic N) is 2. The summed E-state index contributed by atoms with van der Waals surface area (Å²) in [7, 11) is 1.53. The van der Waals surface area contributed by atoms with Crippen molar-refractivity contribution < 1.29 is 14.6 Å². The first-order chi connectivity index (χ1) is 7.67. The fraction of sp³-hybridized carbons (Fsp3) is 0.273. The van der Waals surface area contributed by atoms with E-state index in [9.17, 15) is 4.79 Å². The summed E-state index contributed by atoms with van der Waals surface area (Å²) in [6.45, 7) is 2.50. The van der Waals surface area contributed by atoms with Gasteiger partial charge in [-0.25, -0.2) is 9.78 Å². The molecule has 1 N–H and O–H groups in total. The van der Waals surface area contributed by atoms with E-state index in [4.69, 9.17) is 9.84 Å². The molecule has 2 rings (SSSR count). The zero-order valence-electron chi connectivity index (χ0n) is 9.10. The zero-order valence-corrected chi connectivity index (χ0v) is 9.10. The van der Waals surface area contributed by atoms with E-state index >= 15 is 0 Å². The minimum atomic E-state index is -0.933. The van der Waals surface area contributed by atoms with Gasteiger partial charge >= 0.3 is 5.97 Å². The molecule has 0 aliphatic heterocycles. The quantitative estimate of drug-likeness (QED) is 0.856. The average molecular weight is 220 g/mol. The smallest absolute Gasteiger partial charge is 0.352 e. The van der Waals surface area contributed by atoms with Crippen molar-refractivity contribution in [2.75, 3.05) is 7.11 Å². The number of aromatic carboxylic acids is 1. The highest BCUT2D eigenvalue weighted by atomic mass is 16.5. The van der Waals surface area contributed by atoms with Crippen LogP contribution in [0.25, 0.3) is 10.9 Å². The summed E-state index contributed by atoms with van der Waals surface area (Å²) in [6, 6.07) is 3.36. The number of rotatable bonds is 3. The molecule has 0 spiro atoms. The van der Waals surface area contributed by atoms with E-state index in [-0.39, 0.29) is 5.69 Å². The number of hydrogen-bond donors (Lipinski definition) is 1. The number of fused-ring (bicyclic) bond motifs is 1. The number of methoxy groups -OCH3 is 1. The van der Waals surface area contributed by atoms with Crippen LogP contribution in [-0.4, -0.2) is 27.7 Å². The van der Waals surface area contributed by atoms with Crippen LogP contribution in [0.2, 0.25) is 0 Å². The molecule has 0 radical (unpaired) electrons. The van der Waals surface area contributed by atoms with E-state index in [0.717, 1.165) is 10.9 Å². The van der Waals surface area contributed by atoms with Crippen LogP contribution >= 0.6 is 0 Å². The zero-order chi connectivity index (χ0) is 11.7. The lowest BCUT2D eigenvalue weighted by Gasteiger charge is -2.03. The SMILES string of the molecule is CCn1c(C(=O)O)cc2cc(OC)ncc21. The third-order valence-electron chi connectivity index (χ3n) is 2.51. The Morgan fingerprint density at radius 1 is 1.56 bits per heavy atom. The highest BCUT2D eigenvalue weighted by Crippen LogP contribution is 2.22. The van der Waals surface area contributed by atoms with Crippen LogP contribution in [0.1, 0.15) is 17.4 Å². The Morgan fingerprint density at radius 3 is 2.88 bits per heavy atom. The van der Waals surface area contributed by atoms with Gasteiger partial charge in [-0.2, -0.15) is 0 Å². The second-order valence-corrected chi connectivity index (χ2v) is 3.36. The molecule has 0 aliphatic rings. The number of carboxylic acid groups (broad SMARTS) is 1. The maximum atomic E-state index is 11.0. The van der Waals surface area contributed by atoms with Crippen molar-refractivity contribution in [1.29, 1.82) is 0 Å². The normalized spacial score (nSPS) is 10.6. The number of carbonyl (C=O) groups is 1. The number of pyridine rings is 1. The number of hydrogen-bond acceptors (Lipinski definition) is 3. The predicted molar refractivity (Wildman–Crippen MR) is 58.9 cm³/mol. The van der Waals surface area contributed by atoms with Crippen molar-refractivity contribution in [3.05, 3.63) is 24.0 Å². The number of aryl methyl sites for hydroxylation is 1. The topological polar surface area (TPSA) is 64.4 Å². The molecule has 0 saturated heterocycles. The van der Waals surface area contributed by atoms with Crippen molar-refractivity contribution in [3.8, 4) is 5.88 Å². The van der Waals surface area contributed by atoms with E-state index in [1.165, 1.54) is 7.11 Å². The molecule has 5 heteroatoms. The molecule has 5 nitrogen and oxygen atoms in total. The van der Waals surface area contributed by atoms with Crippen molar-refractivity contribution >= 4 is 16.9 Å². The summed E-state index contributed by atoms with van der Waals surface area (Å²) < 4.78 is 6.71. The summed E-state index contributed by atoms with van der Waals surface area (Å²) in [5.74, 6) is -0.449. The second kappa shape index (κ2) is 3.84. The van der Waals surface area contributed by atoms with Gasteiger partial charge in [-0.3, -0.25) is 0 Å². The minimum Gasteiger partial charge on any atom is -0.481 e. The Labute approximate surface area is 92.3 Å². The molecule has 84 valence electrons. The Morgan fingerprint density at radius 2 is 2.31 bits per heavy atom. The number of carboxylic acids is 1. The third-order valence-corrected chi connectivity index (χ3v) is 2.51. The molecule has 2 aromatic rings. The fourth-order valence-corrected chi connectivity index (χ4v) is 1.77. The second-order valence-electron chi connectivity index (χ2n) is 3.36. The van der Waals surface area contributed by atoms with E-state index in [1.807, 2.05) is 6.92 Å². The van der Waals surface area contributed by atoms with Gasteiger partial charge in [-0.05, 0) is 13.0 Å². The van der Waals surface area contributed by atoms with Gasteiger partial charge in [0, 0.05) is 18.0 Å². The van der Waals surface area contributed by atoms with Crippen LogP contribution < -0.4 is 4.74 Å². The van der Waals surface area contributed by atoms with Crippen molar-refractivity contribution in [3.63, 3.8) is 0 Å². The van der Waals surface area contributed by atoms with E-state index in [2.05, 4.69) is 4.98 Å². The maximum absolute atomic E-state index is 11.0. The average Bonchev–Trinajstić information content (AvgIpc) is 2.66. The van der Waals surface area contributed by atoms with Crippen molar-refractivity contribution in [1.82, 2.24) is 9.55 Å². The molecule has 16 heavy (non-hydrogen) atoms.